The summed E-state index contributed by atoms with van der Waals surface area (Å²) in [5.41, 5.74) is 0.876. The van der Waals surface area contributed by atoms with Crippen LogP contribution < -0.4 is 19.5 Å². The number of benzene rings is 2. The molecule has 0 aliphatic rings. The lowest BCUT2D eigenvalue weighted by Crippen LogP contribution is -2.27. The lowest BCUT2D eigenvalue weighted by atomic mass is 10.2. The van der Waals surface area contributed by atoms with Gasteiger partial charge in [-0.3, -0.25) is 4.79 Å². The summed E-state index contributed by atoms with van der Waals surface area (Å²) in [5.74, 6) is 0.888. The second kappa shape index (κ2) is 8.88. The summed E-state index contributed by atoms with van der Waals surface area (Å²) < 4.78 is 37.3. The zero-order valence-corrected chi connectivity index (χ0v) is 16.6. The number of anilines is 1. The molecule has 8 heteroatoms. The van der Waals surface area contributed by atoms with Crippen molar-refractivity contribution in [3.8, 4) is 11.5 Å². The van der Waals surface area contributed by atoms with E-state index in [1.54, 1.807) is 18.2 Å². The van der Waals surface area contributed by atoms with E-state index in [4.69, 9.17) is 9.47 Å². The highest BCUT2D eigenvalue weighted by atomic mass is 32.2. The van der Waals surface area contributed by atoms with Crippen LogP contribution in [0, 0.1) is 5.92 Å². The summed E-state index contributed by atoms with van der Waals surface area (Å²) in [6.07, 6.45) is 0. The predicted molar refractivity (Wildman–Crippen MR) is 104 cm³/mol. The first kappa shape index (κ1) is 20.7. The molecule has 0 aliphatic heterocycles. The third-order valence-corrected chi connectivity index (χ3v) is 5.19. The molecule has 0 bridgehead atoms. The molecule has 7 nitrogen and oxygen atoms in total. The maximum absolute atomic E-state index is 12.4. The van der Waals surface area contributed by atoms with E-state index in [0.717, 1.165) is 0 Å². The second-order valence-corrected chi connectivity index (χ2v) is 8.06. The minimum atomic E-state index is -3.59. The summed E-state index contributed by atoms with van der Waals surface area (Å²) in [6, 6.07) is 10.8. The van der Waals surface area contributed by atoms with E-state index in [0.29, 0.717) is 29.3 Å². The lowest BCUT2D eigenvalue weighted by molar-refractivity contribution is 0.102. The number of nitrogens with one attached hydrogen (secondary N) is 2. The number of sulfonamides is 1. The van der Waals surface area contributed by atoms with E-state index in [9.17, 15) is 13.2 Å². The van der Waals surface area contributed by atoms with Gasteiger partial charge in [-0.05, 0) is 42.3 Å². The molecule has 2 N–H and O–H groups in total. The molecular formula is C19H24N2O5S. The van der Waals surface area contributed by atoms with E-state index in [2.05, 4.69) is 10.0 Å². The maximum atomic E-state index is 12.4. The highest BCUT2D eigenvalue weighted by Crippen LogP contribution is 2.29. The average Bonchev–Trinajstić information content (AvgIpc) is 2.66. The molecule has 27 heavy (non-hydrogen) atoms. The zero-order chi connectivity index (χ0) is 20.0. The van der Waals surface area contributed by atoms with Gasteiger partial charge in [0.2, 0.25) is 10.0 Å². The van der Waals surface area contributed by atoms with Crippen molar-refractivity contribution in [1.29, 1.82) is 0 Å². The standard InChI is InChI=1S/C19H24N2O5S/c1-13(2)12-20-27(23,24)16-8-5-14(6-9-16)19(22)21-15-7-10-17(25-3)18(11-15)26-4/h5-11,13,20H,12H2,1-4H3,(H,21,22). The van der Waals surface area contributed by atoms with Gasteiger partial charge in [0, 0.05) is 23.9 Å². The van der Waals surface area contributed by atoms with Crippen molar-refractivity contribution in [2.24, 2.45) is 5.92 Å². The van der Waals surface area contributed by atoms with Crippen LogP contribution in [0.25, 0.3) is 0 Å². The monoisotopic (exact) mass is 392 g/mol. The fraction of sp³-hybridized carbons (Fsp3) is 0.316. The largest absolute Gasteiger partial charge is 0.493 e. The fourth-order valence-electron chi connectivity index (χ4n) is 2.26. The number of ether oxygens (including phenoxy) is 2. The molecule has 0 heterocycles. The van der Waals surface area contributed by atoms with Gasteiger partial charge >= 0.3 is 0 Å². The Kier molecular flexibility index (Phi) is 6.81. The van der Waals surface area contributed by atoms with E-state index in [-0.39, 0.29) is 16.7 Å². The molecule has 2 rings (SSSR count). The van der Waals surface area contributed by atoms with Gasteiger partial charge in [0.05, 0.1) is 19.1 Å². The molecule has 0 radical (unpaired) electrons. The third-order valence-electron chi connectivity index (χ3n) is 3.75. The van der Waals surface area contributed by atoms with Crippen molar-refractivity contribution in [1.82, 2.24) is 4.72 Å². The van der Waals surface area contributed by atoms with Crippen molar-refractivity contribution in [2.45, 2.75) is 18.7 Å². The number of rotatable bonds is 8. The minimum Gasteiger partial charge on any atom is -0.493 e. The van der Waals surface area contributed by atoms with Crippen LogP contribution in [0.15, 0.2) is 47.4 Å². The van der Waals surface area contributed by atoms with E-state index in [1.807, 2.05) is 13.8 Å². The molecule has 0 fully saturated rings. The molecular weight excluding hydrogens is 368 g/mol. The topological polar surface area (TPSA) is 93.7 Å². The molecule has 2 aromatic rings. The van der Waals surface area contributed by atoms with Crippen LogP contribution in [0.2, 0.25) is 0 Å². The summed E-state index contributed by atoms with van der Waals surface area (Å²) in [7, 11) is -0.546. The summed E-state index contributed by atoms with van der Waals surface area (Å²) >= 11 is 0. The molecule has 0 unspecified atom stereocenters. The van der Waals surface area contributed by atoms with Gasteiger partial charge in [-0.1, -0.05) is 13.8 Å². The Morgan fingerprint density at radius 2 is 1.63 bits per heavy atom. The Morgan fingerprint density at radius 3 is 2.19 bits per heavy atom. The highest BCUT2D eigenvalue weighted by Gasteiger charge is 2.15. The van der Waals surface area contributed by atoms with Crippen LogP contribution in [0.3, 0.4) is 0 Å². The van der Waals surface area contributed by atoms with Crippen molar-refractivity contribution < 1.29 is 22.7 Å². The van der Waals surface area contributed by atoms with Crippen LogP contribution in [0.5, 0.6) is 11.5 Å². The van der Waals surface area contributed by atoms with Crippen LogP contribution in [-0.2, 0) is 10.0 Å². The SMILES string of the molecule is COc1ccc(NC(=O)c2ccc(S(=O)(=O)NCC(C)C)cc2)cc1OC. The number of methoxy groups -OCH3 is 2. The normalized spacial score (nSPS) is 11.3. The van der Waals surface area contributed by atoms with Gasteiger partial charge in [0.15, 0.2) is 11.5 Å². The van der Waals surface area contributed by atoms with Crippen LogP contribution >= 0.6 is 0 Å². The molecule has 146 valence electrons. The Balaban J connectivity index is 2.12. The summed E-state index contributed by atoms with van der Waals surface area (Å²) in [4.78, 5) is 12.5. The first-order valence-electron chi connectivity index (χ1n) is 8.40. The van der Waals surface area contributed by atoms with Gasteiger partial charge in [-0.25, -0.2) is 13.1 Å². The smallest absolute Gasteiger partial charge is 0.255 e. The first-order chi connectivity index (χ1) is 12.8. The average molecular weight is 392 g/mol. The molecule has 2 aromatic carbocycles. The number of amides is 1. The molecule has 0 aliphatic carbocycles. The lowest BCUT2D eigenvalue weighted by Gasteiger charge is -2.11. The van der Waals surface area contributed by atoms with Gasteiger partial charge in [-0.15, -0.1) is 0 Å². The van der Waals surface area contributed by atoms with Crippen molar-refractivity contribution in [3.63, 3.8) is 0 Å². The Labute approximate surface area is 159 Å². The number of carbonyl (C=O) groups is 1. The van der Waals surface area contributed by atoms with Crippen molar-refractivity contribution in [2.75, 3.05) is 26.1 Å². The van der Waals surface area contributed by atoms with Crippen LogP contribution in [-0.4, -0.2) is 35.1 Å². The maximum Gasteiger partial charge on any atom is 0.255 e. The van der Waals surface area contributed by atoms with Crippen LogP contribution in [0.4, 0.5) is 5.69 Å². The van der Waals surface area contributed by atoms with Gasteiger partial charge in [0.25, 0.3) is 5.91 Å². The summed E-state index contributed by atoms with van der Waals surface area (Å²) in [5, 5.41) is 2.74. The van der Waals surface area contributed by atoms with E-state index >= 15 is 0 Å². The van der Waals surface area contributed by atoms with Gasteiger partial charge in [-0.2, -0.15) is 0 Å². The fourth-order valence-corrected chi connectivity index (χ4v) is 3.48. The van der Waals surface area contributed by atoms with Gasteiger partial charge < -0.3 is 14.8 Å². The Morgan fingerprint density at radius 1 is 1.00 bits per heavy atom. The first-order valence-corrected chi connectivity index (χ1v) is 9.88. The molecule has 1 amide bonds. The quantitative estimate of drug-likeness (QED) is 0.720. The predicted octanol–water partition coefficient (Wildman–Crippen LogP) is 2.89. The zero-order valence-electron chi connectivity index (χ0n) is 15.8. The Hall–Kier alpha value is -2.58. The van der Waals surface area contributed by atoms with E-state index < -0.39 is 10.0 Å². The highest BCUT2D eigenvalue weighted by molar-refractivity contribution is 7.89. The minimum absolute atomic E-state index is 0.116. The van der Waals surface area contributed by atoms with Crippen molar-refractivity contribution >= 4 is 21.6 Å². The van der Waals surface area contributed by atoms with Crippen LogP contribution in [0.1, 0.15) is 24.2 Å². The molecule has 0 atom stereocenters. The Bertz CT molecular complexity index is 893. The number of hydrogen-bond donors (Lipinski definition) is 2. The summed E-state index contributed by atoms with van der Waals surface area (Å²) in [6.45, 7) is 4.19. The number of carbonyl (C=O) groups excluding carboxylic acids is 1. The molecule has 0 saturated carbocycles. The second-order valence-electron chi connectivity index (χ2n) is 6.29. The van der Waals surface area contributed by atoms with E-state index in [1.165, 1.54) is 38.5 Å². The van der Waals surface area contributed by atoms with Crippen molar-refractivity contribution in [3.05, 3.63) is 48.0 Å². The molecule has 0 aromatic heterocycles. The molecule has 0 spiro atoms. The van der Waals surface area contributed by atoms with Gasteiger partial charge in [0.1, 0.15) is 0 Å². The molecule has 0 saturated heterocycles. The third kappa shape index (κ3) is 5.45. The number of hydrogen-bond acceptors (Lipinski definition) is 5.